The van der Waals surface area contributed by atoms with Gasteiger partial charge in [-0.05, 0) is 41.8 Å². The fourth-order valence-corrected chi connectivity index (χ4v) is 2.03. The lowest BCUT2D eigenvalue weighted by molar-refractivity contribution is -0.139. The van der Waals surface area contributed by atoms with Gasteiger partial charge in [0.1, 0.15) is 17.6 Å². The molecule has 0 radical (unpaired) electrons. The molecular formula is C16H16FNO3. The standard InChI is InChI=1S/C16H16FNO3/c17-13-5-1-11(2-6-13)9-10-18-15(16(20)21)12-3-7-14(19)8-4-12/h1-8,15,18-19H,9-10H2,(H,20,21). The molecule has 0 saturated carbocycles. The molecule has 110 valence electrons. The molecule has 3 N–H and O–H groups in total. The van der Waals surface area contributed by atoms with E-state index in [0.717, 1.165) is 5.56 Å². The van der Waals surface area contributed by atoms with E-state index in [2.05, 4.69) is 5.32 Å². The summed E-state index contributed by atoms with van der Waals surface area (Å²) in [5.41, 5.74) is 1.50. The van der Waals surface area contributed by atoms with Gasteiger partial charge in [-0.15, -0.1) is 0 Å². The second-order valence-electron chi connectivity index (χ2n) is 4.69. The van der Waals surface area contributed by atoms with E-state index in [1.54, 1.807) is 24.3 Å². The maximum Gasteiger partial charge on any atom is 0.325 e. The number of benzene rings is 2. The number of aliphatic carboxylic acids is 1. The minimum absolute atomic E-state index is 0.0919. The topological polar surface area (TPSA) is 69.6 Å². The van der Waals surface area contributed by atoms with Gasteiger partial charge in [-0.2, -0.15) is 0 Å². The van der Waals surface area contributed by atoms with Gasteiger partial charge in [0.05, 0.1) is 0 Å². The fraction of sp³-hybridized carbons (Fsp3) is 0.188. The molecule has 2 aromatic carbocycles. The third-order valence-corrected chi connectivity index (χ3v) is 3.15. The summed E-state index contributed by atoms with van der Waals surface area (Å²) in [6, 6.07) is 11.3. The van der Waals surface area contributed by atoms with E-state index in [0.29, 0.717) is 18.5 Å². The van der Waals surface area contributed by atoms with Gasteiger partial charge in [0, 0.05) is 6.54 Å². The van der Waals surface area contributed by atoms with Gasteiger partial charge in [-0.3, -0.25) is 4.79 Å². The number of carboxylic acid groups (broad SMARTS) is 1. The smallest absolute Gasteiger partial charge is 0.325 e. The summed E-state index contributed by atoms with van der Waals surface area (Å²) < 4.78 is 12.8. The predicted molar refractivity (Wildman–Crippen MR) is 76.6 cm³/mol. The third kappa shape index (κ3) is 4.29. The summed E-state index contributed by atoms with van der Waals surface area (Å²) in [4.78, 5) is 11.3. The molecule has 2 aromatic rings. The predicted octanol–water partition coefficient (Wildman–Crippen LogP) is 2.49. The van der Waals surface area contributed by atoms with Crippen LogP contribution in [0.5, 0.6) is 5.75 Å². The zero-order valence-electron chi connectivity index (χ0n) is 11.3. The zero-order valence-corrected chi connectivity index (χ0v) is 11.3. The number of rotatable bonds is 6. The summed E-state index contributed by atoms with van der Waals surface area (Å²) in [6.07, 6.45) is 0.599. The molecule has 0 aliphatic carbocycles. The highest BCUT2D eigenvalue weighted by Gasteiger charge is 2.18. The normalized spacial score (nSPS) is 12.0. The van der Waals surface area contributed by atoms with Crippen LogP contribution in [0.3, 0.4) is 0 Å². The van der Waals surface area contributed by atoms with Gasteiger partial charge in [0.15, 0.2) is 0 Å². The van der Waals surface area contributed by atoms with E-state index in [-0.39, 0.29) is 11.6 Å². The maximum atomic E-state index is 12.8. The second-order valence-corrected chi connectivity index (χ2v) is 4.69. The van der Waals surface area contributed by atoms with Crippen LogP contribution in [-0.2, 0) is 11.2 Å². The molecule has 0 aromatic heterocycles. The van der Waals surface area contributed by atoms with Crippen molar-refractivity contribution in [2.75, 3.05) is 6.54 Å². The average Bonchev–Trinajstić information content (AvgIpc) is 2.46. The number of carboxylic acids is 1. The van der Waals surface area contributed by atoms with E-state index in [1.807, 2.05) is 0 Å². The number of hydrogen-bond donors (Lipinski definition) is 3. The van der Waals surface area contributed by atoms with Crippen LogP contribution < -0.4 is 5.32 Å². The first-order valence-electron chi connectivity index (χ1n) is 6.56. The lowest BCUT2D eigenvalue weighted by Gasteiger charge is -2.15. The summed E-state index contributed by atoms with van der Waals surface area (Å²) in [5.74, 6) is -1.19. The van der Waals surface area contributed by atoms with Crippen molar-refractivity contribution in [2.45, 2.75) is 12.5 Å². The highest BCUT2D eigenvalue weighted by atomic mass is 19.1. The molecule has 1 unspecified atom stereocenters. The zero-order chi connectivity index (χ0) is 15.2. The van der Waals surface area contributed by atoms with Gasteiger partial charge in [-0.1, -0.05) is 24.3 Å². The molecule has 0 bridgehead atoms. The van der Waals surface area contributed by atoms with Crippen LogP contribution in [-0.4, -0.2) is 22.7 Å². The van der Waals surface area contributed by atoms with Gasteiger partial charge < -0.3 is 15.5 Å². The first kappa shape index (κ1) is 15.0. The highest BCUT2D eigenvalue weighted by molar-refractivity contribution is 5.75. The molecule has 21 heavy (non-hydrogen) atoms. The van der Waals surface area contributed by atoms with Crippen molar-refractivity contribution in [1.82, 2.24) is 5.32 Å². The van der Waals surface area contributed by atoms with Crippen molar-refractivity contribution in [3.8, 4) is 5.75 Å². The van der Waals surface area contributed by atoms with Gasteiger partial charge in [0.25, 0.3) is 0 Å². The summed E-state index contributed by atoms with van der Waals surface area (Å²) >= 11 is 0. The van der Waals surface area contributed by atoms with Crippen LogP contribution in [0.15, 0.2) is 48.5 Å². The van der Waals surface area contributed by atoms with Crippen molar-refractivity contribution in [3.05, 3.63) is 65.5 Å². The number of nitrogens with one attached hydrogen (secondary N) is 1. The Kier molecular flexibility index (Phi) is 4.90. The average molecular weight is 289 g/mol. The first-order valence-corrected chi connectivity index (χ1v) is 6.56. The minimum atomic E-state index is -0.986. The molecule has 0 saturated heterocycles. The first-order chi connectivity index (χ1) is 10.1. The van der Waals surface area contributed by atoms with Crippen LogP contribution in [0.25, 0.3) is 0 Å². The summed E-state index contributed by atoms with van der Waals surface area (Å²) in [6.45, 7) is 0.448. The van der Waals surface area contributed by atoms with E-state index in [4.69, 9.17) is 0 Å². The van der Waals surface area contributed by atoms with Crippen LogP contribution in [0, 0.1) is 5.82 Å². The summed E-state index contributed by atoms with van der Waals surface area (Å²) in [7, 11) is 0. The molecule has 4 nitrogen and oxygen atoms in total. The fourth-order valence-electron chi connectivity index (χ4n) is 2.03. The van der Waals surface area contributed by atoms with Crippen molar-refractivity contribution in [2.24, 2.45) is 0 Å². The van der Waals surface area contributed by atoms with Gasteiger partial charge >= 0.3 is 5.97 Å². The minimum Gasteiger partial charge on any atom is -0.508 e. The van der Waals surface area contributed by atoms with Crippen LogP contribution >= 0.6 is 0 Å². The van der Waals surface area contributed by atoms with E-state index in [9.17, 15) is 19.4 Å². The monoisotopic (exact) mass is 289 g/mol. The van der Waals surface area contributed by atoms with Crippen LogP contribution in [0.2, 0.25) is 0 Å². The van der Waals surface area contributed by atoms with E-state index in [1.165, 1.54) is 24.3 Å². The molecule has 2 rings (SSSR count). The Hall–Kier alpha value is -2.40. The molecule has 1 atom stereocenters. The lowest BCUT2D eigenvalue weighted by Crippen LogP contribution is -2.30. The van der Waals surface area contributed by atoms with Crippen molar-refractivity contribution < 1.29 is 19.4 Å². The number of halogens is 1. The number of aromatic hydroxyl groups is 1. The Morgan fingerprint density at radius 1 is 1.10 bits per heavy atom. The number of carbonyl (C=O) groups is 1. The SMILES string of the molecule is O=C(O)C(NCCc1ccc(F)cc1)c1ccc(O)cc1. The van der Waals surface area contributed by atoms with Gasteiger partial charge in [-0.25, -0.2) is 4.39 Å². The maximum absolute atomic E-state index is 12.8. The molecule has 0 aliphatic rings. The van der Waals surface area contributed by atoms with Crippen molar-refractivity contribution in [1.29, 1.82) is 0 Å². The molecular weight excluding hydrogens is 273 g/mol. The second kappa shape index (κ2) is 6.85. The Morgan fingerprint density at radius 3 is 2.29 bits per heavy atom. The number of hydrogen-bond acceptors (Lipinski definition) is 3. The third-order valence-electron chi connectivity index (χ3n) is 3.15. The Balaban J connectivity index is 1.96. The highest BCUT2D eigenvalue weighted by Crippen LogP contribution is 2.17. The molecule has 0 amide bonds. The van der Waals surface area contributed by atoms with Gasteiger partial charge in [0.2, 0.25) is 0 Å². The molecule has 5 heteroatoms. The van der Waals surface area contributed by atoms with E-state index >= 15 is 0 Å². The Labute approximate surface area is 121 Å². The van der Waals surface area contributed by atoms with E-state index < -0.39 is 12.0 Å². The molecule has 0 spiro atoms. The van der Waals surface area contributed by atoms with Crippen molar-refractivity contribution in [3.63, 3.8) is 0 Å². The quantitative estimate of drug-likeness (QED) is 0.764. The molecule has 0 aliphatic heterocycles. The van der Waals surface area contributed by atoms with Crippen LogP contribution in [0.4, 0.5) is 4.39 Å². The summed E-state index contributed by atoms with van der Waals surface area (Å²) in [5, 5.41) is 21.4. The lowest BCUT2D eigenvalue weighted by atomic mass is 10.1. The Morgan fingerprint density at radius 2 is 1.71 bits per heavy atom. The molecule has 0 fully saturated rings. The van der Waals surface area contributed by atoms with Crippen molar-refractivity contribution >= 4 is 5.97 Å². The molecule has 0 heterocycles. The number of phenolic OH excluding ortho intramolecular Hbond substituents is 1. The Bertz CT molecular complexity index is 596. The van der Waals surface area contributed by atoms with Crippen LogP contribution in [0.1, 0.15) is 17.2 Å². The number of phenols is 1. The largest absolute Gasteiger partial charge is 0.508 e.